The number of nitrogens with zero attached hydrogens (tertiary/aromatic N) is 2. The van der Waals surface area contributed by atoms with Gasteiger partial charge in [0, 0.05) is 6.04 Å². The van der Waals surface area contributed by atoms with Gasteiger partial charge >= 0.3 is 0 Å². The van der Waals surface area contributed by atoms with Gasteiger partial charge in [0.1, 0.15) is 0 Å². The van der Waals surface area contributed by atoms with E-state index in [1.165, 1.54) is 0 Å². The van der Waals surface area contributed by atoms with Crippen LogP contribution < -0.4 is 11.1 Å². The van der Waals surface area contributed by atoms with Crippen molar-refractivity contribution in [1.29, 1.82) is 0 Å². The van der Waals surface area contributed by atoms with Crippen LogP contribution in [0.3, 0.4) is 0 Å². The standard InChI is InChI=1S/C14H18N4O/c15-13-14(16-9-5-7-10(19)8-6-9)18-12-4-2-1-3-11(12)17-13/h1-4,9-10,19H,5-8H2,(H2,15,17)(H,16,18). The maximum atomic E-state index is 9.51. The molecule has 5 heteroatoms. The molecule has 3 rings (SSSR count). The first-order chi connectivity index (χ1) is 9.22. The van der Waals surface area contributed by atoms with Gasteiger partial charge in [-0.15, -0.1) is 0 Å². The molecule has 0 radical (unpaired) electrons. The molecule has 1 aromatic heterocycles. The Kier molecular flexibility index (Phi) is 3.21. The number of fused-ring (bicyclic) bond motifs is 1. The van der Waals surface area contributed by atoms with Crippen LogP contribution in [0.1, 0.15) is 25.7 Å². The second-order valence-electron chi connectivity index (χ2n) is 5.10. The average molecular weight is 258 g/mol. The lowest BCUT2D eigenvalue weighted by Gasteiger charge is -2.26. The molecule has 1 aliphatic rings. The summed E-state index contributed by atoms with van der Waals surface area (Å²) in [5.74, 6) is 1.09. The van der Waals surface area contributed by atoms with Gasteiger partial charge < -0.3 is 16.2 Å². The zero-order chi connectivity index (χ0) is 13.2. The zero-order valence-corrected chi connectivity index (χ0v) is 10.7. The van der Waals surface area contributed by atoms with E-state index >= 15 is 0 Å². The van der Waals surface area contributed by atoms with Crippen LogP contribution in [0.5, 0.6) is 0 Å². The fourth-order valence-electron chi connectivity index (χ4n) is 2.53. The number of nitrogen functional groups attached to an aromatic ring is 1. The predicted molar refractivity (Wildman–Crippen MR) is 75.8 cm³/mol. The third kappa shape index (κ3) is 2.61. The number of benzene rings is 1. The summed E-state index contributed by atoms with van der Waals surface area (Å²) in [5, 5.41) is 12.9. The summed E-state index contributed by atoms with van der Waals surface area (Å²) in [5.41, 5.74) is 7.60. The number of aliphatic hydroxyl groups excluding tert-OH is 1. The normalized spacial score (nSPS) is 23.4. The maximum Gasteiger partial charge on any atom is 0.169 e. The monoisotopic (exact) mass is 258 g/mol. The molecule has 19 heavy (non-hydrogen) atoms. The zero-order valence-electron chi connectivity index (χ0n) is 10.7. The second-order valence-corrected chi connectivity index (χ2v) is 5.10. The van der Waals surface area contributed by atoms with Gasteiger partial charge in [-0.05, 0) is 37.8 Å². The Labute approximate surface area is 111 Å². The van der Waals surface area contributed by atoms with Crippen LogP contribution in [-0.2, 0) is 0 Å². The topological polar surface area (TPSA) is 84.1 Å². The van der Waals surface area contributed by atoms with Gasteiger partial charge in [0.05, 0.1) is 17.1 Å². The number of anilines is 2. The Bertz CT molecular complexity index is 579. The molecule has 4 N–H and O–H groups in total. The molecule has 0 bridgehead atoms. The molecule has 100 valence electrons. The SMILES string of the molecule is Nc1nc2ccccc2nc1NC1CCC(O)CC1. The Morgan fingerprint density at radius 2 is 1.68 bits per heavy atom. The van der Waals surface area contributed by atoms with E-state index in [2.05, 4.69) is 15.3 Å². The third-order valence-corrected chi connectivity index (χ3v) is 3.64. The van der Waals surface area contributed by atoms with Gasteiger partial charge in [-0.2, -0.15) is 0 Å². The molecule has 0 atom stereocenters. The summed E-state index contributed by atoms with van der Waals surface area (Å²) < 4.78 is 0. The van der Waals surface area contributed by atoms with Crippen molar-refractivity contribution >= 4 is 22.7 Å². The maximum absolute atomic E-state index is 9.51. The Hall–Kier alpha value is -1.88. The van der Waals surface area contributed by atoms with E-state index < -0.39 is 0 Å². The predicted octanol–water partition coefficient (Wildman–Crippen LogP) is 1.93. The summed E-state index contributed by atoms with van der Waals surface area (Å²) >= 11 is 0. The van der Waals surface area contributed by atoms with Gasteiger partial charge in [0.25, 0.3) is 0 Å². The number of nitrogens with one attached hydrogen (secondary N) is 1. The van der Waals surface area contributed by atoms with Gasteiger partial charge in [0.2, 0.25) is 0 Å². The lowest BCUT2D eigenvalue weighted by Crippen LogP contribution is -2.29. The summed E-state index contributed by atoms with van der Waals surface area (Å²) in [6, 6.07) is 8.01. The highest BCUT2D eigenvalue weighted by molar-refractivity contribution is 5.79. The third-order valence-electron chi connectivity index (χ3n) is 3.64. The number of aromatic nitrogens is 2. The van der Waals surface area contributed by atoms with Crippen molar-refractivity contribution in [2.24, 2.45) is 0 Å². The molecular formula is C14H18N4O. The fraction of sp³-hybridized carbons (Fsp3) is 0.429. The average Bonchev–Trinajstić information content (AvgIpc) is 2.42. The van der Waals surface area contributed by atoms with Crippen molar-refractivity contribution in [2.45, 2.75) is 37.8 Å². The summed E-state index contributed by atoms with van der Waals surface area (Å²) in [6.07, 6.45) is 3.39. The quantitative estimate of drug-likeness (QED) is 0.766. The van der Waals surface area contributed by atoms with E-state index in [4.69, 9.17) is 5.73 Å². The summed E-state index contributed by atoms with van der Waals surface area (Å²) in [4.78, 5) is 8.89. The Morgan fingerprint density at radius 3 is 2.37 bits per heavy atom. The van der Waals surface area contributed by atoms with E-state index in [1.54, 1.807) is 0 Å². The number of para-hydroxylation sites is 2. The minimum absolute atomic E-state index is 0.155. The summed E-state index contributed by atoms with van der Waals surface area (Å²) in [6.45, 7) is 0. The molecule has 1 aromatic carbocycles. The molecular weight excluding hydrogens is 240 g/mol. The molecule has 1 heterocycles. The molecule has 0 spiro atoms. The van der Waals surface area contributed by atoms with Gasteiger partial charge in [-0.25, -0.2) is 9.97 Å². The van der Waals surface area contributed by atoms with E-state index in [1.807, 2.05) is 24.3 Å². The van der Waals surface area contributed by atoms with Crippen molar-refractivity contribution in [3.63, 3.8) is 0 Å². The highest BCUT2D eigenvalue weighted by Crippen LogP contribution is 2.24. The molecule has 0 saturated heterocycles. The number of rotatable bonds is 2. The highest BCUT2D eigenvalue weighted by Gasteiger charge is 2.20. The van der Waals surface area contributed by atoms with Crippen LogP contribution in [0.2, 0.25) is 0 Å². The molecule has 1 saturated carbocycles. The molecule has 0 aliphatic heterocycles. The van der Waals surface area contributed by atoms with Crippen molar-refractivity contribution in [1.82, 2.24) is 9.97 Å². The van der Waals surface area contributed by atoms with Crippen LogP contribution in [0.25, 0.3) is 11.0 Å². The second kappa shape index (κ2) is 5.01. The first-order valence-corrected chi connectivity index (χ1v) is 6.69. The summed E-state index contributed by atoms with van der Waals surface area (Å²) in [7, 11) is 0. The fourth-order valence-corrected chi connectivity index (χ4v) is 2.53. The van der Waals surface area contributed by atoms with Crippen molar-refractivity contribution in [3.8, 4) is 0 Å². The lowest BCUT2D eigenvalue weighted by atomic mass is 9.93. The molecule has 5 nitrogen and oxygen atoms in total. The van der Waals surface area contributed by atoms with Crippen molar-refractivity contribution in [2.75, 3.05) is 11.1 Å². The largest absolute Gasteiger partial charge is 0.393 e. The first kappa shape index (κ1) is 12.2. The minimum Gasteiger partial charge on any atom is -0.393 e. The Morgan fingerprint density at radius 1 is 1.05 bits per heavy atom. The molecule has 1 aliphatic carbocycles. The van der Waals surface area contributed by atoms with Crippen molar-refractivity contribution in [3.05, 3.63) is 24.3 Å². The van der Waals surface area contributed by atoms with Crippen LogP contribution >= 0.6 is 0 Å². The van der Waals surface area contributed by atoms with E-state index in [0.29, 0.717) is 17.7 Å². The van der Waals surface area contributed by atoms with E-state index in [-0.39, 0.29) is 6.10 Å². The van der Waals surface area contributed by atoms with Crippen LogP contribution in [0.15, 0.2) is 24.3 Å². The van der Waals surface area contributed by atoms with Crippen LogP contribution in [0, 0.1) is 0 Å². The number of nitrogens with two attached hydrogens (primary N) is 1. The number of aliphatic hydroxyl groups is 1. The lowest BCUT2D eigenvalue weighted by molar-refractivity contribution is 0.126. The molecule has 2 aromatic rings. The molecule has 0 amide bonds. The highest BCUT2D eigenvalue weighted by atomic mass is 16.3. The minimum atomic E-state index is -0.155. The smallest absolute Gasteiger partial charge is 0.169 e. The van der Waals surface area contributed by atoms with Crippen LogP contribution in [0.4, 0.5) is 11.6 Å². The molecule has 0 unspecified atom stereocenters. The van der Waals surface area contributed by atoms with Crippen molar-refractivity contribution < 1.29 is 5.11 Å². The van der Waals surface area contributed by atoms with Gasteiger partial charge in [-0.1, -0.05) is 12.1 Å². The van der Waals surface area contributed by atoms with Gasteiger partial charge in [-0.3, -0.25) is 0 Å². The molecule has 1 fully saturated rings. The Balaban J connectivity index is 1.82. The number of hydrogen-bond acceptors (Lipinski definition) is 5. The van der Waals surface area contributed by atoms with E-state index in [0.717, 1.165) is 36.7 Å². The first-order valence-electron chi connectivity index (χ1n) is 6.69. The van der Waals surface area contributed by atoms with Crippen LogP contribution in [-0.4, -0.2) is 27.2 Å². The van der Waals surface area contributed by atoms with Gasteiger partial charge in [0.15, 0.2) is 11.6 Å². The number of hydrogen-bond donors (Lipinski definition) is 3. The van der Waals surface area contributed by atoms with E-state index in [9.17, 15) is 5.11 Å².